The van der Waals surface area contributed by atoms with Gasteiger partial charge in [-0.3, -0.25) is 4.90 Å². The molecule has 0 amide bonds. The Morgan fingerprint density at radius 2 is 2.19 bits per heavy atom. The average Bonchev–Trinajstić information content (AvgIpc) is 2.21. The van der Waals surface area contributed by atoms with Crippen LogP contribution in [-0.2, 0) is 6.54 Å². The molecule has 0 bridgehead atoms. The van der Waals surface area contributed by atoms with Gasteiger partial charge in [-0.1, -0.05) is 24.4 Å². The van der Waals surface area contributed by atoms with Crippen molar-refractivity contribution in [3.63, 3.8) is 0 Å². The number of nitrogens with zero attached hydrogens (tertiary/aromatic N) is 1. The molecule has 0 radical (unpaired) electrons. The highest BCUT2D eigenvalue weighted by atomic mass is 32.1. The number of nitrogens with two attached hydrogens (primary N) is 1. The first-order valence-electron chi connectivity index (χ1n) is 5.23. The Hall–Kier alpha value is -0.970. The first-order valence-corrected chi connectivity index (χ1v) is 5.64. The van der Waals surface area contributed by atoms with E-state index in [2.05, 4.69) is 4.90 Å². The minimum atomic E-state index is 0.181. The summed E-state index contributed by atoms with van der Waals surface area (Å²) in [5, 5.41) is 8.83. The van der Waals surface area contributed by atoms with Gasteiger partial charge in [-0.15, -0.1) is 0 Å². The molecule has 1 aromatic carbocycles. The fourth-order valence-electron chi connectivity index (χ4n) is 1.57. The van der Waals surface area contributed by atoms with Crippen LogP contribution in [0.3, 0.4) is 0 Å². The number of aliphatic hydroxyl groups excluding tert-OH is 1. The molecule has 3 N–H and O–H groups in total. The van der Waals surface area contributed by atoms with Crippen LogP contribution in [0.2, 0.25) is 0 Å². The van der Waals surface area contributed by atoms with E-state index < -0.39 is 0 Å². The minimum absolute atomic E-state index is 0.181. The van der Waals surface area contributed by atoms with Gasteiger partial charge in [0.1, 0.15) is 4.99 Å². The van der Waals surface area contributed by atoms with Gasteiger partial charge >= 0.3 is 0 Å². The molecule has 0 aliphatic carbocycles. The Morgan fingerprint density at radius 1 is 1.50 bits per heavy atom. The van der Waals surface area contributed by atoms with Crippen LogP contribution in [0.15, 0.2) is 18.2 Å². The van der Waals surface area contributed by atoms with Crippen molar-refractivity contribution in [1.82, 2.24) is 4.90 Å². The van der Waals surface area contributed by atoms with E-state index >= 15 is 0 Å². The van der Waals surface area contributed by atoms with Crippen molar-refractivity contribution in [3.05, 3.63) is 34.9 Å². The smallest absolute Gasteiger partial charge is 0.103 e. The molecule has 0 heterocycles. The topological polar surface area (TPSA) is 49.5 Å². The number of hydrogen-bond donors (Lipinski definition) is 2. The Bertz CT molecular complexity index is 379. The molecule has 0 unspecified atom stereocenters. The lowest BCUT2D eigenvalue weighted by Crippen LogP contribution is -2.22. The highest BCUT2D eigenvalue weighted by Crippen LogP contribution is 2.13. The van der Waals surface area contributed by atoms with E-state index in [0.717, 1.165) is 12.1 Å². The third-order valence-corrected chi connectivity index (χ3v) is 2.78. The van der Waals surface area contributed by atoms with Gasteiger partial charge in [-0.05, 0) is 31.2 Å². The van der Waals surface area contributed by atoms with Crippen molar-refractivity contribution in [1.29, 1.82) is 0 Å². The number of aryl methyl sites for hydroxylation is 1. The van der Waals surface area contributed by atoms with E-state index in [0.29, 0.717) is 11.5 Å². The molecule has 4 heteroatoms. The van der Waals surface area contributed by atoms with Crippen LogP contribution >= 0.6 is 12.2 Å². The van der Waals surface area contributed by atoms with Crippen molar-refractivity contribution >= 4 is 17.2 Å². The molecule has 16 heavy (non-hydrogen) atoms. The van der Waals surface area contributed by atoms with E-state index in [1.807, 2.05) is 32.2 Å². The van der Waals surface area contributed by atoms with Gasteiger partial charge in [0.2, 0.25) is 0 Å². The lowest BCUT2D eigenvalue weighted by molar-refractivity contribution is 0.217. The van der Waals surface area contributed by atoms with Crippen molar-refractivity contribution in [3.8, 4) is 0 Å². The van der Waals surface area contributed by atoms with Crippen molar-refractivity contribution in [2.24, 2.45) is 5.73 Å². The maximum Gasteiger partial charge on any atom is 0.103 e. The molecular weight excluding hydrogens is 220 g/mol. The van der Waals surface area contributed by atoms with Crippen molar-refractivity contribution in [2.75, 3.05) is 20.2 Å². The molecule has 0 aliphatic heterocycles. The molecule has 0 aromatic heterocycles. The summed E-state index contributed by atoms with van der Waals surface area (Å²) in [4.78, 5) is 2.50. The fourth-order valence-corrected chi connectivity index (χ4v) is 1.69. The zero-order valence-electron chi connectivity index (χ0n) is 9.73. The zero-order chi connectivity index (χ0) is 12.1. The van der Waals surface area contributed by atoms with Crippen LogP contribution in [-0.4, -0.2) is 35.2 Å². The van der Waals surface area contributed by atoms with Crippen LogP contribution in [0.5, 0.6) is 0 Å². The SMILES string of the molecule is Cc1cc(C(N)=S)ccc1CN(C)CCO. The second-order valence-corrected chi connectivity index (χ2v) is 4.41. The number of thiocarbonyl (C=S) groups is 1. The summed E-state index contributed by atoms with van der Waals surface area (Å²) in [5.41, 5.74) is 8.88. The van der Waals surface area contributed by atoms with E-state index in [-0.39, 0.29) is 6.61 Å². The summed E-state index contributed by atoms with van der Waals surface area (Å²) >= 11 is 4.93. The maximum atomic E-state index is 8.83. The van der Waals surface area contributed by atoms with Crippen LogP contribution in [0, 0.1) is 6.92 Å². The lowest BCUT2D eigenvalue weighted by Gasteiger charge is -2.17. The molecule has 0 spiro atoms. The summed E-state index contributed by atoms with van der Waals surface area (Å²) in [6.07, 6.45) is 0. The molecule has 0 fully saturated rings. The molecule has 1 aromatic rings. The molecule has 0 saturated heterocycles. The second-order valence-electron chi connectivity index (χ2n) is 3.97. The number of likely N-dealkylation sites (N-methyl/N-ethyl adjacent to an activating group) is 1. The number of benzene rings is 1. The molecule has 0 atom stereocenters. The standard InChI is InChI=1S/C12H18N2OS/c1-9-7-10(12(13)16)3-4-11(9)8-14(2)5-6-15/h3-4,7,15H,5-6,8H2,1-2H3,(H2,13,16). The zero-order valence-corrected chi connectivity index (χ0v) is 10.5. The van der Waals surface area contributed by atoms with E-state index in [1.54, 1.807) is 0 Å². The van der Waals surface area contributed by atoms with Crippen LogP contribution in [0.25, 0.3) is 0 Å². The largest absolute Gasteiger partial charge is 0.395 e. The molecule has 0 aliphatic rings. The van der Waals surface area contributed by atoms with Gasteiger partial charge in [0.05, 0.1) is 6.61 Å². The highest BCUT2D eigenvalue weighted by molar-refractivity contribution is 7.80. The fraction of sp³-hybridized carbons (Fsp3) is 0.417. The Morgan fingerprint density at radius 3 is 2.69 bits per heavy atom. The van der Waals surface area contributed by atoms with Crippen LogP contribution < -0.4 is 5.73 Å². The van der Waals surface area contributed by atoms with E-state index in [9.17, 15) is 0 Å². The summed E-state index contributed by atoms with van der Waals surface area (Å²) in [7, 11) is 1.98. The van der Waals surface area contributed by atoms with Crippen molar-refractivity contribution in [2.45, 2.75) is 13.5 Å². The van der Waals surface area contributed by atoms with Gasteiger partial charge in [0.15, 0.2) is 0 Å². The summed E-state index contributed by atoms with van der Waals surface area (Å²) in [5.74, 6) is 0. The second kappa shape index (κ2) is 5.94. The third-order valence-electron chi connectivity index (χ3n) is 2.55. The van der Waals surface area contributed by atoms with Crippen LogP contribution in [0.1, 0.15) is 16.7 Å². The monoisotopic (exact) mass is 238 g/mol. The predicted molar refractivity (Wildman–Crippen MR) is 70.5 cm³/mol. The number of aliphatic hydroxyl groups is 1. The van der Waals surface area contributed by atoms with Crippen LogP contribution in [0.4, 0.5) is 0 Å². The Balaban J connectivity index is 2.79. The lowest BCUT2D eigenvalue weighted by atomic mass is 10.0. The first kappa shape index (κ1) is 13.1. The third kappa shape index (κ3) is 3.56. The molecule has 88 valence electrons. The molecule has 1 rings (SSSR count). The average molecular weight is 238 g/mol. The molecule has 0 saturated carbocycles. The summed E-state index contributed by atoms with van der Waals surface area (Å²) < 4.78 is 0. The minimum Gasteiger partial charge on any atom is -0.395 e. The van der Waals surface area contributed by atoms with E-state index in [1.165, 1.54) is 11.1 Å². The first-order chi connectivity index (χ1) is 7.54. The van der Waals surface area contributed by atoms with Gasteiger partial charge in [0.25, 0.3) is 0 Å². The van der Waals surface area contributed by atoms with Gasteiger partial charge in [-0.2, -0.15) is 0 Å². The number of hydrogen-bond acceptors (Lipinski definition) is 3. The summed E-state index contributed by atoms with van der Waals surface area (Å²) in [6, 6.07) is 5.99. The molecular formula is C12H18N2OS. The van der Waals surface area contributed by atoms with Gasteiger partial charge in [0, 0.05) is 18.7 Å². The highest BCUT2D eigenvalue weighted by Gasteiger charge is 2.04. The normalized spacial score (nSPS) is 10.8. The summed E-state index contributed by atoms with van der Waals surface area (Å²) in [6.45, 7) is 3.73. The van der Waals surface area contributed by atoms with Gasteiger partial charge in [-0.25, -0.2) is 0 Å². The van der Waals surface area contributed by atoms with Gasteiger partial charge < -0.3 is 10.8 Å². The maximum absolute atomic E-state index is 8.83. The predicted octanol–water partition coefficient (Wildman–Crippen LogP) is 1.05. The number of rotatable bonds is 5. The Labute approximate surface area is 102 Å². The quantitative estimate of drug-likeness (QED) is 0.753. The van der Waals surface area contributed by atoms with E-state index in [4.69, 9.17) is 23.1 Å². The van der Waals surface area contributed by atoms with Crippen molar-refractivity contribution < 1.29 is 5.11 Å². The Kier molecular flexibility index (Phi) is 4.86. The molecule has 3 nitrogen and oxygen atoms in total.